The number of hydrogen-bond donors (Lipinski definition) is 1. The van der Waals surface area contributed by atoms with Crippen molar-refractivity contribution in [3.05, 3.63) is 65.7 Å². The number of hydrogen-bond acceptors (Lipinski definition) is 4. The lowest BCUT2D eigenvalue weighted by Crippen LogP contribution is -2.50. The van der Waals surface area contributed by atoms with Gasteiger partial charge >= 0.3 is 6.09 Å². The standard InChI is InChI=1S/C24H33N3O2/c1-24(2,3)29-23(28)27-17-15-26(16-18-27)22-11-9-21(10-12-22)19-25-14-13-20-7-5-4-6-8-20/h4-12,25H,13-19H2,1-3H3. The van der Waals surface area contributed by atoms with Crippen LogP contribution in [-0.2, 0) is 17.7 Å². The Kier molecular flexibility index (Phi) is 7.15. The number of anilines is 1. The second-order valence-corrected chi connectivity index (χ2v) is 8.53. The molecule has 3 rings (SSSR count). The zero-order valence-electron chi connectivity index (χ0n) is 17.9. The second kappa shape index (κ2) is 9.79. The average molecular weight is 396 g/mol. The van der Waals surface area contributed by atoms with Crippen LogP contribution in [0.25, 0.3) is 0 Å². The third-order valence-electron chi connectivity index (χ3n) is 5.00. The van der Waals surface area contributed by atoms with Gasteiger partial charge in [-0.15, -0.1) is 0 Å². The van der Waals surface area contributed by atoms with Crippen molar-refractivity contribution in [1.29, 1.82) is 0 Å². The summed E-state index contributed by atoms with van der Waals surface area (Å²) in [6, 6.07) is 19.3. The molecule has 0 saturated carbocycles. The van der Waals surface area contributed by atoms with E-state index in [1.807, 2.05) is 20.8 Å². The summed E-state index contributed by atoms with van der Waals surface area (Å²) in [7, 11) is 0. The predicted molar refractivity (Wildman–Crippen MR) is 118 cm³/mol. The SMILES string of the molecule is CC(C)(C)OC(=O)N1CCN(c2ccc(CNCCc3ccccc3)cc2)CC1. The Balaban J connectivity index is 1.41. The first-order valence-electron chi connectivity index (χ1n) is 10.5. The molecular weight excluding hydrogens is 362 g/mol. The van der Waals surface area contributed by atoms with E-state index in [2.05, 4.69) is 64.8 Å². The molecule has 156 valence electrons. The van der Waals surface area contributed by atoms with E-state index in [1.165, 1.54) is 16.8 Å². The van der Waals surface area contributed by atoms with Gasteiger partial charge in [0, 0.05) is 38.4 Å². The lowest BCUT2D eigenvalue weighted by Gasteiger charge is -2.36. The van der Waals surface area contributed by atoms with Gasteiger partial charge in [0.05, 0.1) is 0 Å². The molecule has 1 fully saturated rings. The van der Waals surface area contributed by atoms with Crippen LogP contribution in [0.4, 0.5) is 10.5 Å². The van der Waals surface area contributed by atoms with Crippen LogP contribution in [0, 0.1) is 0 Å². The predicted octanol–water partition coefficient (Wildman–Crippen LogP) is 4.08. The lowest BCUT2D eigenvalue weighted by atomic mass is 10.1. The molecule has 29 heavy (non-hydrogen) atoms. The molecule has 1 N–H and O–H groups in total. The Morgan fingerprint density at radius 3 is 2.21 bits per heavy atom. The minimum atomic E-state index is -0.445. The van der Waals surface area contributed by atoms with Crippen LogP contribution in [-0.4, -0.2) is 49.3 Å². The number of amides is 1. The van der Waals surface area contributed by atoms with Crippen molar-refractivity contribution in [2.75, 3.05) is 37.6 Å². The third-order valence-corrected chi connectivity index (χ3v) is 5.00. The molecule has 1 amide bonds. The molecule has 1 saturated heterocycles. The Morgan fingerprint density at radius 1 is 0.931 bits per heavy atom. The zero-order valence-corrected chi connectivity index (χ0v) is 17.9. The molecule has 0 unspecified atom stereocenters. The number of ether oxygens (including phenoxy) is 1. The number of carbonyl (C=O) groups excluding carboxylic acids is 1. The van der Waals surface area contributed by atoms with Crippen LogP contribution in [0.3, 0.4) is 0 Å². The number of piperazine rings is 1. The maximum Gasteiger partial charge on any atom is 0.410 e. The Morgan fingerprint density at radius 2 is 1.59 bits per heavy atom. The first kappa shape index (κ1) is 21.2. The Bertz CT molecular complexity index is 761. The van der Waals surface area contributed by atoms with E-state index in [9.17, 15) is 4.79 Å². The first-order valence-corrected chi connectivity index (χ1v) is 10.5. The highest BCUT2D eigenvalue weighted by molar-refractivity contribution is 5.68. The van der Waals surface area contributed by atoms with Gasteiger partial charge in [-0.05, 0) is 57.0 Å². The highest BCUT2D eigenvalue weighted by Gasteiger charge is 2.25. The Hall–Kier alpha value is -2.53. The molecule has 0 bridgehead atoms. The molecule has 0 atom stereocenters. The summed E-state index contributed by atoms with van der Waals surface area (Å²) in [6.45, 7) is 10.6. The van der Waals surface area contributed by atoms with Crippen LogP contribution in [0.5, 0.6) is 0 Å². The van der Waals surface area contributed by atoms with Gasteiger partial charge < -0.3 is 19.9 Å². The average Bonchev–Trinajstić information content (AvgIpc) is 2.71. The fraction of sp³-hybridized carbons (Fsp3) is 0.458. The number of nitrogens with one attached hydrogen (secondary N) is 1. The fourth-order valence-corrected chi connectivity index (χ4v) is 3.41. The smallest absolute Gasteiger partial charge is 0.410 e. The summed E-state index contributed by atoms with van der Waals surface area (Å²) in [6.07, 6.45) is 0.829. The topological polar surface area (TPSA) is 44.8 Å². The van der Waals surface area contributed by atoms with E-state index in [4.69, 9.17) is 4.74 Å². The van der Waals surface area contributed by atoms with Crippen molar-refractivity contribution in [3.8, 4) is 0 Å². The monoisotopic (exact) mass is 395 g/mol. The first-order chi connectivity index (χ1) is 13.9. The van der Waals surface area contributed by atoms with Gasteiger partial charge in [0.15, 0.2) is 0 Å². The number of rotatable bonds is 6. The number of nitrogens with zero attached hydrogens (tertiary/aromatic N) is 2. The van der Waals surface area contributed by atoms with Crippen LogP contribution in [0.2, 0.25) is 0 Å². The van der Waals surface area contributed by atoms with Crippen molar-refractivity contribution in [3.63, 3.8) is 0 Å². The minimum absolute atomic E-state index is 0.214. The summed E-state index contributed by atoms with van der Waals surface area (Å²) in [4.78, 5) is 16.3. The van der Waals surface area contributed by atoms with Gasteiger partial charge in [0.25, 0.3) is 0 Å². The van der Waals surface area contributed by atoms with Crippen molar-refractivity contribution in [2.24, 2.45) is 0 Å². The molecule has 1 aliphatic rings. The molecule has 0 radical (unpaired) electrons. The van der Waals surface area contributed by atoms with Gasteiger partial charge in [-0.3, -0.25) is 0 Å². The molecule has 2 aromatic rings. The van der Waals surface area contributed by atoms with E-state index in [0.29, 0.717) is 13.1 Å². The molecule has 5 heteroatoms. The van der Waals surface area contributed by atoms with Crippen molar-refractivity contribution in [1.82, 2.24) is 10.2 Å². The van der Waals surface area contributed by atoms with E-state index >= 15 is 0 Å². The van der Waals surface area contributed by atoms with Crippen LogP contribution in [0.15, 0.2) is 54.6 Å². The van der Waals surface area contributed by atoms with Gasteiger partial charge in [-0.25, -0.2) is 4.79 Å². The molecule has 0 spiro atoms. The van der Waals surface area contributed by atoms with Gasteiger partial charge in [-0.2, -0.15) is 0 Å². The van der Waals surface area contributed by atoms with Crippen LogP contribution < -0.4 is 10.2 Å². The van der Waals surface area contributed by atoms with Crippen molar-refractivity contribution in [2.45, 2.75) is 39.3 Å². The van der Waals surface area contributed by atoms with E-state index in [1.54, 1.807) is 4.90 Å². The lowest BCUT2D eigenvalue weighted by molar-refractivity contribution is 0.0240. The molecule has 1 aliphatic heterocycles. The zero-order chi connectivity index (χ0) is 20.7. The van der Waals surface area contributed by atoms with E-state index in [0.717, 1.165) is 32.6 Å². The summed E-state index contributed by atoms with van der Waals surface area (Å²) < 4.78 is 5.47. The molecular formula is C24H33N3O2. The third kappa shape index (κ3) is 6.79. The Labute approximate surface area is 174 Å². The summed E-state index contributed by atoms with van der Waals surface area (Å²) in [5.74, 6) is 0. The highest BCUT2D eigenvalue weighted by Crippen LogP contribution is 2.19. The van der Waals surface area contributed by atoms with E-state index < -0.39 is 5.60 Å². The quantitative estimate of drug-likeness (QED) is 0.749. The van der Waals surface area contributed by atoms with Crippen LogP contribution in [0.1, 0.15) is 31.9 Å². The van der Waals surface area contributed by atoms with Gasteiger partial charge in [0.2, 0.25) is 0 Å². The summed E-state index contributed by atoms with van der Waals surface area (Å²) in [5.41, 5.74) is 3.41. The molecule has 5 nitrogen and oxygen atoms in total. The second-order valence-electron chi connectivity index (χ2n) is 8.53. The van der Waals surface area contributed by atoms with Crippen molar-refractivity contribution >= 4 is 11.8 Å². The van der Waals surface area contributed by atoms with Crippen LogP contribution >= 0.6 is 0 Å². The largest absolute Gasteiger partial charge is 0.444 e. The van der Waals surface area contributed by atoms with Gasteiger partial charge in [0.1, 0.15) is 5.60 Å². The maximum absolute atomic E-state index is 12.2. The minimum Gasteiger partial charge on any atom is -0.444 e. The fourth-order valence-electron chi connectivity index (χ4n) is 3.41. The molecule has 0 aliphatic carbocycles. The maximum atomic E-state index is 12.2. The molecule has 1 heterocycles. The summed E-state index contributed by atoms with van der Waals surface area (Å²) in [5, 5.41) is 3.51. The van der Waals surface area contributed by atoms with E-state index in [-0.39, 0.29) is 6.09 Å². The van der Waals surface area contributed by atoms with Crippen molar-refractivity contribution < 1.29 is 9.53 Å². The molecule has 2 aromatic carbocycles. The highest BCUT2D eigenvalue weighted by atomic mass is 16.6. The number of carbonyl (C=O) groups is 1. The van der Waals surface area contributed by atoms with Gasteiger partial charge in [-0.1, -0.05) is 42.5 Å². The summed E-state index contributed by atoms with van der Waals surface area (Å²) >= 11 is 0. The number of benzene rings is 2. The molecule has 0 aromatic heterocycles. The normalized spacial score (nSPS) is 14.7.